The summed E-state index contributed by atoms with van der Waals surface area (Å²) in [5, 5.41) is 3.28. The maximum atomic E-state index is 12.5. The van der Waals surface area contributed by atoms with E-state index >= 15 is 0 Å². The third-order valence-electron chi connectivity index (χ3n) is 4.85. The Morgan fingerprint density at radius 3 is 2.56 bits per heavy atom. The lowest BCUT2D eigenvalue weighted by atomic mass is 10.1. The van der Waals surface area contributed by atoms with Crippen LogP contribution in [0.3, 0.4) is 0 Å². The van der Waals surface area contributed by atoms with E-state index in [0.717, 1.165) is 37.4 Å². The minimum Gasteiger partial charge on any atom is -0.314 e. The van der Waals surface area contributed by atoms with Crippen LogP contribution in [0.25, 0.3) is 0 Å². The van der Waals surface area contributed by atoms with E-state index in [1.165, 1.54) is 6.92 Å². The molecule has 0 aromatic heterocycles. The van der Waals surface area contributed by atoms with Crippen molar-refractivity contribution >= 4 is 46.4 Å². The molecule has 0 aliphatic carbocycles. The molecule has 1 amide bonds. The molecule has 1 atom stereocenters. The van der Waals surface area contributed by atoms with Gasteiger partial charge in [-0.3, -0.25) is 9.69 Å². The number of anilines is 1. The third kappa shape index (κ3) is 5.56. The minimum absolute atomic E-state index is 0. The number of carbonyl (C=O) groups is 1. The number of sulfonamides is 1. The second kappa shape index (κ2) is 10.0. The molecule has 2 aliphatic rings. The van der Waals surface area contributed by atoms with Crippen molar-refractivity contribution in [2.45, 2.75) is 31.2 Å². The molecule has 2 N–H and O–H groups in total. The monoisotopic (exact) mass is 438 g/mol. The van der Waals surface area contributed by atoms with Crippen molar-refractivity contribution < 1.29 is 13.2 Å². The number of rotatable bonds is 5. The molecule has 1 aromatic rings. The fourth-order valence-electron chi connectivity index (χ4n) is 3.61. The van der Waals surface area contributed by atoms with E-state index in [-0.39, 0.29) is 41.7 Å². The predicted octanol–water partition coefficient (Wildman–Crippen LogP) is 1.01. The van der Waals surface area contributed by atoms with Gasteiger partial charge in [-0.25, -0.2) is 13.1 Å². The van der Waals surface area contributed by atoms with E-state index in [0.29, 0.717) is 19.5 Å². The van der Waals surface area contributed by atoms with Crippen molar-refractivity contribution in [1.29, 1.82) is 0 Å². The number of piperazine rings is 1. The summed E-state index contributed by atoms with van der Waals surface area (Å²) < 4.78 is 27.8. The summed E-state index contributed by atoms with van der Waals surface area (Å²) in [5.74, 6) is -0.0176. The number of carbonyl (C=O) groups excluding carboxylic acids is 1. The standard InChI is InChI=1S/C17H26N4O3S.2ClH/c1-13-11-15-12-16(3-4-17(15)21(13)14(2)22)25(23,24)19-7-10-20-8-5-18-6-9-20;;/h3-4,12-13,18-19H,5-11H2,1-2H3;2*1H. The molecule has 10 heteroatoms. The van der Waals surface area contributed by atoms with E-state index < -0.39 is 10.0 Å². The second-order valence-corrected chi connectivity index (χ2v) is 8.49. The molecular formula is C17H28Cl2N4O3S. The Kier molecular flexibility index (Phi) is 8.98. The van der Waals surface area contributed by atoms with Gasteiger partial charge < -0.3 is 10.2 Å². The SMILES string of the molecule is CC(=O)N1c2ccc(S(=O)(=O)NCCN3CCNCC3)cc2CC1C.Cl.Cl. The summed E-state index contributed by atoms with van der Waals surface area (Å²) in [4.78, 5) is 16.0. The smallest absolute Gasteiger partial charge is 0.240 e. The highest BCUT2D eigenvalue weighted by atomic mass is 35.5. The quantitative estimate of drug-likeness (QED) is 0.716. The molecule has 1 fully saturated rings. The van der Waals surface area contributed by atoms with Crippen LogP contribution in [0.1, 0.15) is 19.4 Å². The summed E-state index contributed by atoms with van der Waals surface area (Å²) in [7, 11) is -3.53. The van der Waals surface area contributed by atoms with Crippen LogP contribution < -0.4 is 14.9 Å². The van der Waals surface area contributed by atoms with Crippen molar-refractivity contribution in [3.05, 3.63) is 23.8 Å². The lowest BCUT2D eigenvalue weighted by Crippen LogP contribution is -2.46. The van der Waals surface area contributed by atoms with Crippen LogP contribution in [-0.4, -0.2) is 64.5 Å². The molecule has 0 radical (unpaired) electrons. The van der Waals surface area contributed by atoms with Gasteiger partial charge >= 0.3 is 0 Å². The van der Waals surface area contributed by atoms with Gasteiger partial charge in [-0.1, -0.05) is 0 Å². The number of hydrogen-bond donors (Lipinski definition) is 2. The van der Waals surface area contributed by atoms with Crippen LogP contribution in [0.4, 0.5) is 5.69 Å². The summed E-state index contributed by atoms with van der Waals surface area (Å²) in [5.41, 5.74) is 1.73. The first-order valence-corrected chi connectivity index (χ1v) is 10.2. The average Bonchev–Trinajstić information content (AvgIpc) is 2.90. The van der Waals surface area contributed by atoms with Crippen LogP contribution in [0.2, 0.25) is 0 Å². The zero-order chi connectivity index (χ0) is 18.0. The topological polar surface area (TPSA) is 81.8 Å². The number of benzene rings is 1. The van der Waals surface area contributed by atoms with E-state index in [4.69, 9.17) is 0 Å². The average molecular weight is 439 g/mol. The lowest BCUT2D eigenvalue weighted by molar-refractivity contribution is -0.116. The van der Waals surface area contributed by atoms with Crippen LogP contribution in [0, 0.1) is 0 Å². The molecule has 2 aliphatic heterocycles. The maximum Gasteiger partial charge on any atom is 0.240 e. The van der Waals surface area contributed by atoms with Crippen molar-refractivity contribution in [2.75, 3.05) is 44.2 Å². The maximum absolute atomic E-state index is 12.5. The van der Waals surface area contributed by atoms with E-state index in [1.54, 1.807) is 23.1 Å². The highest BCUT2D eigenvalue weighted by Gasteiger charge is 2.30. The van der Waals surface area contributed by atoms with Gasteiger partial charge in [0.25, 0.3) is 0 Å². The van der Waals surface area contributed by atoms with Crippen LogP contribution in [0.5, 0.6) is 0 Å². The Hall–Kier alpha value is -0.900. The van der Waals surface area contributed by atoms with Crippen LogP contribution in [-0.2, 0) is 21.2 Å². The molecule has 0 saturated carbocycles. The Balaban J connectivity index is 0.00000182. The fourth-order valence-corrected chi connectivity index (χ4v) is 4.68. The largest absolute Gasteiger partial charge is 0.314 e. The molecular weight excluding hydrogens is 411 g/mol. The molecule has 154 valence electrons. The summed E-state index contributed by atoms with van der Waals surface area (Å²) in [6, 6.07) is 5.08. The number of nitrogens with zero attached hydrogens (tertiary/aromatic N) is 2. The van der Waals surface area contributed by atoms with Gasteiger partial charge in [0, 0.05) is 57.9 Å². The number of hydrogen-bond acceptors (Lipinski definition) is 5. The fraction of sp³-hybridized carbons (Fsp3) is 0.588. The van der Waals surface area contributed by atoms with E-state index in [2.05, 4.69) is 14.9 Å². The van der Waals surface area contributed by atoms with Gasteiger partial charge in [-0.05, 0) is 37.1 Å². The van der Waals surface area contributed by atoms with Crippen molar-refractivity contribution in [2.24, 2.45) is 0 Å². The normalized spacial score (nSPS) is 19.8. The molecule has 7 nitrogen and oxygen atoms in total. The first kappa shape index (κ1) is 24.1. The molecule has 1 unspecified atom stereocenters. The van der Waals surface area contributed by atoms with Gasteiger partial charge in [0.15, 0.2) is 0 Å². The summed E-state index contributed by atoms with van der Waals surface area (Å²) in [6.07, 6.45) is 0.680. The lowest BCUT2D eigenvalue weighted by Gasteiger charge is -2.27. The first-order chi connectivity index (χ1) is 11.9. The van der Waals surface area contributed by atoms with Gasteiger partial charge in [0.2, 0.25) is 15.9 Å². The molecule has 2 heterocycles. The Morgan fingerprint density at radius 1 is 1.26 bits per heavy atom. The van der Waals surface area contributed by atoms with E-state index in [9.17, 15) is 13.2 Å². The zero-order valence-corrected chi connectivity index (χ0v) is 18.1. The van der Waals surface area contributed by atoms with Crippen molar-refractivity contribution in [3.63, 3.8) is 0 Å². The van der Waals surface area contributed by atoms with Gasteiger partial charge in [-0.15, -0.1) is 24.8 Å². The molecule has 27 heavy (non-hydrogen) atoms. The predicted molar refractivity (Wildman–Crippen MR) is 112 cm³/mol. The second-order valence-electron chi connectivity index (χ2n) is 6.72. The van der Waals surface area contributed by atoms with Crippen molar-refractivity contribution in [1.82, 2.24) is 14.9 Å². The minimum atomic E-state index is -3.53. The Labute approximate surface area is 173 Å². The first-order valence-electron chi connectivity index (χ1n) is 8.74. The summed E-state index contributed by atoms with van der Waals surface area (Å²) in [6.45, 7) is 8.40. The molecule has 0 bridgehead atoms. The van der Waals surface area contributed by atoms with Crippen molar-refractivity contribution in [3.8, 4) is 0 Å². The van der Waals surface area contributed by atoms with Gasteiger partial charge in [0.1, 0.15) is 0 Å². The Bertz CT molecular complexity index is 755. The third-order valence-corrected chi connectivity index (χ3v) is 6.30. The highest BCUT2D eigenvalue weighted by Crippen LogP contribution is 2.33. The van der Waals surface area contributed by atoms with Gasteiger partial charge in [0.05, 0.1) is 4.90 Å². The molecule has 3 rings (SSSR count). The number of amides is 1. The molecule has 1 aromatic carbocycles. The Morgan fingerprint density at radius 2 is 1.93 bits per heavy atom. The number of fused-ring (bicyclic) bond motifs is 1. The zero-order valence-electron chi connectivity index (χ0n) is 15.6. The number of halogens is 2. The highest BCUT2D eigenvalue weighted by molar-refractivity contribution is 7.89. The van der Waals surface area contributed by atoms with Gasteiger partial charge in [-0.2, -0.15) is 0 Å². The van der Waals surface area contributed by atoms with E-state index in [1.807, 2.05) is 6.92 Å². The number of nitrogens with one attached hydrogen (secondary N) is 2. The van der Waals surface area contributed by atoms with Crippen LogP contribution in [0.15, 0.2) is 23.1 Å². The molecule has 0 spiro atoms. The molecule has 1 saturated heterocycles. The summed E-state index contributed by atoms with van der Waals surface area (Å²) >= 11 is 0. The van der Waals surface area contributed by atoms with Crippen LogP contribution >= 0.6 is 24.8 Å².